The van der Waals surface area contributed by atoms with Crippen LogP contribution in [0.5, 0.6) is 0 Å². The number of anilines is 1. The summed E-state index contributed by atoms with van der Waals surface area (Å²) in [5.74, 6) is -0.541. The lowest BCUT2D eigenvalue weighted by atomic mass is 10.1. The van der Waals surface area contributed by atoms with E-state index in [0.29, 0.717) is 13.0 Å². The van der Waals surface area contributed by atoms with E-state index in [1.54, 1.807) is 6.07 Å². The van der Waals surface area contributed by atoms with Crippen molar-refractivity contribution < 1.29 is 9.18 Å². The molecule has 0 atom stereocenters. The summed E-state index contributed by atoms with van der Waals surface area (Å²) in [6.07, 6.45) is 0.329. The van der Waals surface area contributed by atoms with Crippen molar-refractivity contribution in [1.82, 2.24) is 10.3 Å². The summed E-state index contributed by atoms with van der Waals surface area (Å²) in [6.45, 7) is 6.65. The molecule has 2 N–H and O–H groups in total. The van der Waals surface area contributed by atoms with E-state index in [2.05, 4.69) is 15.6 Å². The second-order valence-corrected chi connectivity index (χ2v) is 4.82. The summed E-state index contributed by atoms with van der Waals surface area (Å²) in [5, 5.41) is 5.73. The Hall–Kier alpha value is -1.49. The molecule has 0 saturated carbocycles. The lowest BCUT2D eigenvalue weighted by molar-refractivity contribution is -0.116. The molecule has 5 heteroatoms. The number of rotatable bonds is 4. The molecule has 0 radical (unpaired) electrons. The fraction of sp³-hybridized carbons (Fsp3) is 0.500. The summed E-state index contributed by atoms with van der Waals surface area (Å²) in [7, 11) is 0. The Morgan fingerprint density at radius 3 is 2.71 bits per heavy atom. The lowest BCUT2D eigenvalue weighted by Gasteiger charge is -2.20. The van der Waals surface area contributed by atoms with Crippen LogP contribution < -0.4 is 10.6 Å². The molecule has 0 aliphatic rings. The molecular weight excluding hydrogens is 221 g/mol. The predicted molar refractivity (Wildman–Crippen MR) is 65.2 cm³/mol. The first-order valence-electron chi connectivity index (χ1n) is 5.54. The SMILES string of the molecule is CC(C)(C)NCCC(=O)Nc1cccc(F)n1. The molecule has 1 amide bonds. The van der Waals surface area contributed by atoms with Crippen LogP contribution in [0.2, 0.25) is 0 Å². The van der Waals surface area contributed by atoms with Gasteiger partial charge in [-0.25, -0.2) is 4.98 Å². The van der Waals surface area contributed by atoms with Gasteiger partial charge in [0.2, 0.25) is 11.9 Å². The minimum absolute atomic E-state index is 0.0165. The van der Waals surface area contributed by atoms with Crippen LogP contribution in [0.25, 0.3) is 0 Å². The third-order valence-corrected chi connectivity index (χ3v) is 1.99. The molecule has 0 bridgehead atoms. The average Bonchev–Trinajstić information content (AvgIpc) is 2.15. The number of hydrogen-bond donors (Lipinski definition) is 2. The third-order valence-electron chi connectivity index (χ3n) is 1.99. The van der Waals surface area contributed by atoms with Crippen molar-refractivity contribution in [2.45, 2.75) is 32.7 Å². The summed E-state index contributed by atoms with van der Waals surface area (Å²) in [6, 6.07) is 4.29. The number of halogens is 1. The van der Waals surface area contributed by atoms with Crippen molar-refractivity contribution in [3.63, 3.8) is 0 Å². The number of hydrogen-bond acceptors (Lipinski definition) is 3. The van der Waals surface area contributed by atoms with E-state index >= 15 is 0 Å². The number of amides is 1. The Morgan fingerprint density at radius 1 is 1.41 bits per heavy atom. The smallest absolute Gasteiger partial charge is 0.226 e. The van der Waals surface area contributed by atoms with Gasteiger partial charge in [-0.3, -0.25) is 4.79 Å². The first-order chi connectivity index (χ1) is 7.87. The topological polar surface area (TPSA) is 54.0 Å². The van der Waals surface area contributed by atoms with Crippen molar-refractivity contribution in [1.29, 1.82) is 0 Å². The van der Waals surface area contributed by atoms with Crippen molar-refractivity contribution in [2.75, 3.05) is 11.9 Å². The van der Waals surface area contributed by atoms with E-state index in [0.717, 1.165) is 0 Å². The highest BCUT2D eigenvalue weighted by Crippen LogP contribution is 2.04. The molecule has 1 aromatic rings. The molecule has 4 nitrogen and oxygen atoms in total. The molecule has 1 rings (SSSR count). The number of nitrogens with one attached hydrogen (secondary N) is 2. The molecule has 0 spiro atoms. The Morgan fingerprint density at radius 2 is 2.12 bits per heavy atom. The number of pyridine rings is 1. The quantitative estimate of drug-likeness (QED) is 0.789. The zero-order valence-electron chi connectivity index (χ0n) is 10.4. The maximum atomic E-state index is 12.8. The predicted octanol–water partition coefficient (Wildman–Crippen LogP) is 1.94. The fourth-order valence-electron chi connectivity index (χ4n) is 1.23. The van der Waals surface area contributed by atoms with Crippen molar-refractivity contribution >= 4 is 11.7 Å². The van der Waals surface area contributed by atoms with Gasteiger partial charge in [0.15, 0.2) is 0 Å². The molecular formula is C12H18FN3O. The van der Waals surface area contributed by atoms with Crippen LogP contribution in [-0.4, -0.2) is 23.0 Å². The van der Waals surface area contributed by atoms with Gasteiger partial charge in [-0.15, -0.1) is 0 Å². The largest absolute Gasteiger partial charge is 0.312 e. The van der Waals surface area contributed by atoms with Gasteiger partial charge in [-0.05, 0) is 32.9 Å². The summed E-state index contributed by atoms with van der Waals surface area (Å²) < 4.78 is 12.8. The van der Waals surface area contributed by atoms with Gasteiger partial charge < -0.3 is 10.6 Å². The number of nitrogens with zero attached hydrogens (tertiary/aromatic N) is 1. The number of carbonyl (C=O) groups excluding carboxylic acids is 1. The Labute approximate surface area is 101 Å². The van der Waals surface area contributed by atoms with Crippen LogP contribution in [0, 0.1) is 5.95 Å². The maximum Gasteiger partial charge on any atom is 0.226 e. The Kier molecular flexibility index (Phi) is 4.57. The molecule has 0 saturated heterocycles. The van der Waals surface area contributed by atoms with Gasteiger partial charge >= 0.3 is 0 Å². The molecule has 0 aromatic carbocycles. The molecule has 0 aliphatic heterocycles. The Balaban J connectivity index is 2.35. The number of aromatic nitrogens is 1. The second-order valence-electron chi connectivity index (χ2n) is 4.82. The maximum absolute atomic E-state index is 12.8. The van der Waals surface area contributed by atoms with Crippen LogP contribution in [0.1, 0.15) is 27.2 Å². The normalized spacial score (nSPS) is 11.3. The summed E-state index contributed by atoms with van der Waals surface area (Å²) >= 11 is 0. The minimum atomic E-state index is -0.601. The van der Waals surface area contributed by atoms with Gasteiger partial charge in [0.25, 0.3) is 0 Å². The molecule has 17 heavy (non-hydrogen) atoms. The standard InChI is InChI=1S/C12H18FN3O/c1-12(2,3)14-8-7-11(17)16-10-6-4-5-9(13)15-10/h4-6,14H,7-8H2,1-3H3,(H,15,16,17). The number of carbonyl (C=O) groups is 1. The van der Waals surface area contributed by atoms with E-state index in [4.69, 9.17) is 0 Å². The highest BCUT2D eigenvalue weighted by atomic mass is 19.1. The molecule has 0 aliphatic carbocycles. The minimum Gasteiger partial charge on any atom is -0.312 e. The summed E-state index contributed by atoms with van der Waals surface area (Å²) in [5.41, 5.74) is -0.0165. The Bertz CT molecular complexity index is 388. The first-order valence-corrected chi connectivity index (χ1v) is 5.54. The second kappa shape index (κ2) is 5.72. The monoisotopic (exact) mass is 239 g/mol. The van der Waals surface area contributed by atoms with Gasteiger partial charge in [-0.2, -0.15) is 4.39 Å². The molecule has 0 fully saturated rings. The summed E-state index contributed by atoms with van der Waals surface area (Å²) in [4.78, 5) is 15.0. The van der Waals surface area contributed by atoms with Crippen LogP contribution in [0.15, 0.2) is 18.2 Å². The molecule has 1 heterocycles. The zero-order valence-corrected chi connectivity index (χ0v) is 10.4. The highest BCUT2D eigenvalue weighted by molar-refractivity contribution is 5.89. The van der Waals surface area contributed by atoms with Crippen molar-refractivity contribution in [3.05, 3.63) is 24.1 Å². The van der Waals surface area contributed by atoms with E-state index in [1.165, 1.54) is 12.1 Å². The van der Waals surface area contributed by atoms with E-state index in [9.17, 15) is 9.18 Å². The van der Waals surface area contributed by atoms with Crippen molar-refractivity contribution in [3.8, 4) is 0 Å². The van der Waals surface area contributed by atoms with Crippen LogP contribution >= 0.6 is 0 Å². The van der Waals surface area contributed by atoms with Gasteiger partial charge in [-0.1, -0.05) is 6.07 Å². The van der Waals surface area contributed by atoms with Crippen LogP contribution in [-0.2, 0) is 4.79 Å². The van der Waals surface area contributed by atoms with E-state index in [1.807, 2.05) is 20.8 Å². The van der Waals surface area contributed by atoms with E-state index < -0.39 is 5.95 Å². The van der Waals surface area contributed by atoms with Crippen molar-refractivity contribution in [2.24, 2.45) is 0 Å². The average molecular weight is 239 g/mol. The molecule has 94 valence electrons. The zero-order chi connectivity index (χ0) is 12.9. The molecule has 0 unspecified atom stereocenters. The first kappa shape index (κ1) is 13.6. The highest BCUT2D eigenvalue weighted by Gasteiger charge is 2.10. The fourth-order valence-corrected chi connectivity index (χ4v) is 1.23. The third kappa shape index (κ3) is 5.97. The van der Waals surface area contributed by atoms with Gasteiger partial charge in [0.05, 0.1) is 0 Å². The van der Waals surface area contributed by atoms with Crippen LogP contribution in [0.3, 0.4) is 0 Å². The van der Waals surface area contributed by atoms with Gasteiger partial charge in [0.1, 0.15) is 5.82 Å². The van der Waals surface area contributed by atoms with Gasteiger partial charge in [0, 0.05) is 18.5 Å². The molecule has 1 aromatic heterocycles. The van der Waals surface area contributed by atoms with E-state index in [-0.39, 0.29) is 17.3 Å². The van der Waals surface area contributed by atoms with Crippen LogP contribution in [0.4, 0.5) is 10.2 Å². The lowest BCUT2D eigenvalue weighted by Crippen LogP contribution is -2.37.